The Morgan fingerprint density at radius 1 is 0.560 bits per heavy atom. The highest BCUT2D eigenvalue weighted by Gasteiger charge is 2.23. The largest absolute Gasteiger partial charge is 0.501 e. The summed E-state index contributed by atoms with van der Waals surface area (Å²) in [6.07, 6.45) is 5.59. The maximum Gasteiger partial charge on any atom is 0.461 e. The molecule has 0 saturated heterocycles. The minimum absolute atomic E-state index is 0.482. The van der Waals surface area contributed by atoms with Crippen molar-refractivity contribution in [2.75, 3.05) is 6.61 Å². The number of unbranched alkanes of at least 4 members (excludes halogenated alkanes) is 3. The summed E-state index contributed by atoms with van der Waals surface area (Å²) >= 11 is -1.43. The highest BCUT2D eigenvalue weighted by Crippen LogP contribution is 2.21. The Balaban J connectivity index is 3.84. The molecular weight excluding hydrogens is 334 g/mol. The van der Waals surface area contributed by atoms with Gasteiger partial charge >= 0.3 is 14.5 Å². The maximum absolute atomic E-state index is 6.34. The van der Waals surface area contributed by atoms with Crippen LogP contribution in [0.25, 0.3) is 0 Å². The number of hydrogen-bond acceptors (Lipinski definition) is 1. The molecule has 0 rings (SSSR count). The van der Waals surface area contributed by atoms with Crippen LogP contribution in [0.15, 0.2) is 0 Å². The predicted octanol–water partition coefficient (Wildman–Crippen LogP) is 7.67. The zero-order valence-electron chi connectivity index (χ0n) is 18.9. The third-order valence-electron chi connectivity index (χ3n) is 4.94. The van der Waals surface area contributed by atoms with Crippen LogP contribution in [0.2, 0.25) is 26.4 Å². The van der Waals surface area contributed by atoms with Crippen LogP contribution in [-0.2, 0) is 3.79 Å². The molecule has 0 fully saturated rings. The molecule has 0 radical (unpaired) electrons. The smallest absolute Gasteiger partial charge is 0.461 e. The Hall–Kier alpha value is 1.02. The van der Waals surface area contributed by atoms with Gasteiger partial charge in [0.05, 0.1) is 0 Å². The molecule has 148 valence electrons. The lowest BCUT2D eigenvalue weighted by Gasteiger charge is -2.17. The molecule has 0 heterocycles. The van der Waals surface area contributed by atoms with Crippen LogP contribution in [0, 0.1) is 23.7 Å². The van der Waals surface area contributed by atoms with Crippen LogP contribution >= 0.6 is 0 Å². The normalized spacial score (nSPS) is 12.0. The van der Waals surface area contributed by atoms with Gasteiger partial charge in [0.25, 0.3) is 14.1 Å². The van der Waals surface area contributed by atoms with Crippen molar-refractivity contribution in [3.8, 4) is 0 Å². The van der Waals surface area contributed by atoms with Gasteiger partial charge in [-0.3, -0.25) is 0 Å². The van der Waals surface area contributed by atoms with Crippen LogP contribution in [0.4, 0.5) is 0 Å². The molecule has 25 heavy (non-hydrogen) atoms. The quantitative estimate of drug-likeness (QED) is 0.196. The summed E-state index contributed by atoms with van der Waals surface area (Å²) in [5.41, 5.74) is 0. The van der Waals surface area contributed by atoms with Gasteiger partial charge in [0, 0.05) is 6.61 Å². The second-order valence-corrected chi connectivity index (χ2v) is 15.9. The van der Waals surface area contributed by atoms with Gasteiger partial charge < -0.3 is 3.79 Å². The first-order valence-corrected chi connectivity index (χ1v) is 15.9. The third-order valence-corrected chi connectivity index (χ3v) is 13.0. The highest BCUT2D eigenvalue weighted by atomic mass is 27.2. The Bertz CT molecular complexity index is 242. The summed E-state index contributed by atoms with van der Waals surface area (Å²) in [7, 11) is 0. The SMILES string of the molecule is CC(C)[CH2][Al]([CH2]CCCCC[O][Al]([CH2]C(C)C)[CH2]C(C)C)[CH2]C(C)C. The first-order chi connectivity index (χ1) is 11.7. The van der Waals surface area contributed by atoms with E-state index in [-0.39, 0.29) is 0 Å². The Morgan fingerprint density at radius 2 is 1.00 bits per heavy atom. The lowest BCUT2D eigenvalue weighted by Crippen LogP contribution is -2.22. The zero-order valence-corrected chi connectivity index (χ0v) is 21.3. The first kappa shape index (κ1) is 26.0. The van der Waals surface area contributed by atoms with E-state index in [1.807, 2.05) is 0 Å². The molecule has 0 aliphatic carbocycles. The summed E-state index contributed by atoms with van der Waals surface area (Å²) in [5, 5.41) is 7.40. The van der Waals surface area contributed by atoms with E-state index in [4.69, 9.17) is 3.79 Å². The molecule has 0 atom stereocenters. The second kappa shape index (κ2) is 16.0. The van der Waals surface area contributed by atoms with E-state index in [1.165, 1.54) is 36.2 Å². The van der Waals surface area contributed by atoms with Crippen molar-refractivity contribution in [2.45, 2.75) is 107 Å². The standard InChI is InChI=1S/C6H12O.4C4H9.2Al/c1-2-3-4-5-6-7;4*1-4(2)3;;/h1-6H2;4*4H,1H2,2-3H3;;/q-1;;;;;;+1. The predicted molar refractivity (Wildman–Crippen MR) is 119 cm³/mol. The van der Waals surface area contributed by atoms with Crippen LogP contribution in [0.3, 0.4) is 0 Å². The summed E-state index contributed by atoms with van der Waals surface area (Å²) in [5.74, 6) is 3.43. The van der Waals surface area contributed by atoms with Gasteiger partial charge in [0.2, 0.25) is 0 Å². The van der Waals surface area contributed by atoms with Gasteiger partial charge in [-0.25, -0.2) is 0 Å². The minimum Gasteiger partial charge on any atom is -0.501 e. The number of rotatable bonds is 16. The zero-order chi connectivity index (χ0) is 19.2. The van der Waals surface area contributed by atoms with Gasteiger partial charge in [-0.05, 0) is 6.42 Å². The molecule has 1 nitrogen and oxygen atoms in total. The maximum atomic E-state index is 6.34. The van der Waals surface area contributed by atoms with Crippen molar-refractivity contribution in [2.24, 2.45) is 23.7 Å². The van der Waals surface area contributed by atoms with Gasteiger partial charge in [-0.2, -0.15) is 0 Å². The molecule has 0 aromatic carbocycles. The fraction of sp³-hybridized carbons (Fsp3) is 1.00. The Morgan fingerprint density at radius 3 is 1.44 bits per heavy atom. The van der Waals surface area contributed by atoms with E-state index in [2.05, 4.69) is 55.4 Å². The average Bonchev–Trinajstić information content (AvgIpc) is 2.43. The molecule has 0 unspecified atom stereocenters. The van der Waals surface area contributed by atoms with Crippen LogP contribution in [0.5, 0.6) is 0 Å². The van der Waals surface area contributed by atoms with E-state index < -0.39 is 28.6 Å². The van der Waals surface area contributed by atoms with Gasteiger partial charge in [-0.15, -0.1) is 0 Å². The monoisotopic (exact) mass is 382 g/mol. The minimum atomic E-state index is -0.951. The molecule has 0 aliphatic rings. The molecule has 0 N–H and O–H groups in total. The third kappa shape index (κ3) is 18.2. The van der Waals surface area contributed by atoms with Crippen LogP contribution in [-0.4, -0.2) is 35.2 Å². The topological polar surface area (TPSA) is 9.23 Å². The molecule has 0 aromatic rings. The van der Waals surface area contributed by atoms with Crippen LogP contribution in [0.1, 0.15) is 81.1 Å². The molecule has 0 amide bonds. The van der Waals surface area contributed by atoms with E-state index in [9.17, 15) is 0 Å². The number of hydrogen-bond donors (Lipinski definition) is 0. The van der Waals surface area contributed by atoms with Gasteiger partial charge in [0.1, 0.15) is 0 Å². The van der Waals surface area contributed by atoms with Gasteiger partial charge in [-0.1, -0.05) is 125 Å². The van der Waals surface area contributed by atoms with Crippen molar-refractivity contribution in [1.82, 2.24) is 0 Å². The summed E-state index contributed by atoms with van der Waals surface area (Å²) in [6, 6.07) is 0. The first-order valence-electron chi connectivity index (χ1n) is 11.3. The molecular formula is C22H48Al2O. The average molecular weight is 383 g/mol. The molecule has 3 heteroatoms. The van der Waals surface area contributed by atoms with Crippen molar-refractivity contribution in [3.05, 3.63) is 0 Å². The summed E-state index contributed by atoms with van der Waals surface area (Å²) < 4.78 is 6.34. The lowest BCUT2D eigenvalue weighted by atomic mass is 10.2. The fourth-order valence-corrected chi connectivity index (χ4v) is 11.4. The molecule has 0 bridgehead atoms. The summed E-state index contributed by atoms with van der Waals surface area (Å²) in [6.45, 7) is 20.1. The van der Waals surface area contributed by atoms with E-state index in [1.54, 1.807) is 15.8 Å². The van der Waals surface area contributed by atoms with Gasteiger partial charge in [0.15, 0.2) is 0 Å². The Kier molecular flexibility index (Phi) is 16.7. The van der Waals surface area contributed by atoms with Crippen molar-refractivity contribution < 1.29 is 3.79 Å². The van der Waals surface area contributed by atoms with Crippen molar-refractivity contribution in [1.29, 1.82) is 0 Å². The second-order valence-electron chi connectivity index (χ2n) is 10.1. The summed E-state index contributed by atoms with van der Waals surface area (Å²) in [4.78, 5) is 0. The van der Waals surface area contributed by atoms with Crippen molar-refractivity contribution >= 4 is 28.6 Å². The lowest BCUT2D eigenvalue weighted by molar-refractivity contribution is 0.298. The van der Waals surface area contributed by atoms with E-state index >= 15 is 0 Å². The molecule has 0 aliphatic heterocycles. The fourth-order valence-electron chi connectivity index (χ4n) is 4.09. The van der Waals surface area contributed by atoms with E-state index in [0.717, 1.165) is 30.3 Å². The van der Waals surface area contributed by atoms with Crippen molar-refractivity contribution in [3.63, 3.8) is 0 Å². The molecule has 0 saturated carbocycles. The van der Waals surface area contributed by atoms with Crippen LogP contribution < -0.4 is 0 Å². The Labute approximate surface area is 169 Å². The molecule has 0 spiro atoms. The van der Waals surface area contributed by atoms with E-state index in [0.29, 0.717) is 0 Å². The molecule has 0 aromatic heterocycles. The highest BCUT2D eigenvalue weighted by molar-refractivity contribution is 6.58.